The third-order valence-corrected chi connectivity index (χ3v) is 6.03. The van der Waals surface area contributed by atoms with Gasteiger partial charge in [0, 0.05) is 0 Å². The SMILES string of the molecule is O=S(=O)(Cc1nc(O)c(-c2ccccc2)s1)c1ccccc1. The first-order valence-electron chi connectivity index (χ1n) is 6.58. The second kappa shape index (κ2) is 5.90. The maximum Gasteiger partial charge on any atom is 0.230 e. The smallest absolute Gasteiger partial charge is 0.230 e. The van der Waals surface area contributed by atoms with Crippen molar-refractivity contribution < 1.29 is 13.5 Å². The Morgan fingerprint density at radius 2 is 1.55 bits per heavy atom. The van der Waals surface area contributed by atoms with E-state index in [1.807, 2.05) is 30.3 Å². The lowest BCUT2D eigenvalue weighted by atomic mass is 10.2. The minimum Gasteiger partial charge on any atom is -0.492 e. The van der Waals surface area contributed by atoms with Crippen molar-refractivity contribution >= 4 is 21.2 Å². The van der Waals surface area contributed by atoms with Gasteiger partial charge in [0.2, 0.25) is 5.88 Å². The van der Waals surface area contributed by atoms with Gasteiger partial charge >= 0.3 is 0 Å². The van der Waals surface area contributed by atoms with Crippen molar-refractivity contribution in [3.8, 4) is 16.3 Å². The fraction of sp³-hybridized carbons (Fsp3) is 0.0625. The van der Waals surface area contributed by atoms with Gasteiger partial charge in [-0.05, 0) is 17.7 Å². The molecule has 1 N–H and O–H groups in total. The molecule has 0 radical (unpaired) electrons. The minimum absolute atomic E-state index is 0.130. The number of sulfone groups is 1. The van der Waals surface area contributed by atoms with Crippen molar-refractivity contribution in [3.63, 3.8) is 0 Å². The molecule has 6 heteroatoms. The summed E-state index contributed by atoms with van der Waals surface area (Å²) < 4.78 is 24.7. The quantitative estimate of drug-likeness (QED) is 0.794. The molecule has 0 fully saturated rings. The van der Waals surface area contributed by atoms with Crippen LogP contribution in [0.2, 0.25) is 0 Å². The van der Waals surface area contributed by atoms with Crippen LogP contribution in [0.1, 0.15) is 5.01 Å². The van der Waals surface area contributed by atoms with Crippen molar-refractivity contribution in [2.24, 2.45) is 0 Å². The highest BCUT2D eigenvalue weighted by Crippen LogP contribution is 2.35. The Morgan fingerprint density at radius 3 is 2.18 bits per heavy atom. The number of hydrogen-bond acceptors (Lipinski definition) is 5. The van der Waals surface area contributed by atoms with E-state index in [-0.39, 0.29) is 16.5 Å². The summed E-state index contributed by atoms with van der Waals surface area (Å²) in [4.78, 5) is 4.83. The third-order valence-electron chi connectivity index (χ3n) is 3.11. The fourth-order valence-electron chi connectivity index (χ4n) is 2.07. The molecule has 0 saturated heterocycles. The van der Waals surface area contributed by atoms with Gasteiger partial charge in [0.1, 0.15) is 10.8 Å². The second-order valence-corrected chi connectivity index (χ2v) is 7.77. The third kappa shape index (κ3) is 3.03. The number of aromatic nitrogens is 1. The van der Waals surface area contributed by atoms with Crippen molar-refractivity contribution in [2.75, 3.05) is 0 Å². The van der Waals surface area contributed by atoms with Crippen LogP contribution in [0.15, 0.2) is 65.6 Å². The maximum absolute atomic E-state index is 12.3. The van der Waals surface area contributed by atoms with Gasteiger partial charge in [-0.1, -0.05) is 48.5 Å². The predicted molar refractivity (Wildman–Crippen MR) is 86.5 cm³/mol. The van der Waals surface area contributed by atoms with E-state index in [1.165, 1.54) is 11.3 Å². The molecule has 1 aromatic heterocycles. The monoisotopic (exact) mass is 331 g/mol. The lowest BCUT2D eigenvalue weighted by Gasteiger charge is -2.01. The number of rotatable bonds is 4. The van der Waals surface area contributed by atoms with Crippen LogP contribution in [0.4, 0.5) is 0 Å². The topological polar surface area (TPSA) is 67.3 Å². The predicted octanol–water partition coefficient (Wildman–Crippen LogP) is 3.49. The molecule has 112 valence electrons. The zero-order valence-corrected chi connectivity index (χ0v) is 13.1. The van der Waals surface area contributed by atoms with Gasteiger partial charge in [-0.3, -0.25) is 0 Å². The Hall–Kier alpha value is -2.18. The number of benzene rings is 2. The summed E-state index contributed by atoms with van der Waals surface area (Å²) in [6.45, 7) is 0. The van der Waals surface area contributed by atoms with Crippen LogP contribution >= 0.6 is 11.3 Å². The van der Waals surface area contributed by atoms with E-state index >= 15 is 0 Å². The Kier molecular flexibility index (Phi) is 3.96. The highest BCUT2D eigenvalue weighted by atomic mass is 32.2. The molecule has 0 aliphatic heterocycles. The van der Waals surface area contributed by atoms with E-state index in [0.717, 1.165) is 5.56 Å². The number of nitrogens with zero attached hydrogens (tertiary/aromatic N) is 1. The molecule has 0 atom stereocenters. The molecule has 3 aromatic rings. The summed E-state index contributed by atoms with van der Waals surface area (Å²) in [5.41, 5.74) is 0.820. The zero-order chi connectivity index (χ0) is 15.6. The zero-order valence-electron chi connectivity index (χ0n) is 11.5. The Morgan fingerprint density at radius 1 is 0.955 bits per heavy atom. The van der Waals surface area contributed by atoms with Gasteiger partial charge in [0.15, 0.2) is 9.84 Å². The molecule has 0 unspecified atom stereocenters. The average molecular weight is 331 g/mol. The standard InChI is InChI=1S/C16H13NO3S2/c18-16-15(12-7-3-1-4-8-12)21-14(17-16)11-22(19,20)13-9-5-2-6-10-13/h1-10,18H,11H2. The summed E-state index contributed by atoms with van der Waals surface area (Å²) in [5.74, 6) is -0.350. The van der Waals surface area contributed by atoms with Crippen LogP contribution in [0.25, 0.3) is 10.4 Å². The van der Waals surface area contributed by atoms with Gasteiger partial charge in [0.05, 0.1) is 9.77 Å². The van der Waals surface area contributed by atoms with Crippen LogP contribution in [0, 0.1) is 0 Å². The first-order valence-corrected chi connectivity index (χ1v) is 9.05. The van der Waals surface area contributed by atoms with Crippen molar-refractivity contribution in [1.29, 1.82) is 0 Å². The molecule has 4 nitrogen and oxygen atoms in total. The van der Waals surface area contributed by atoms with Gasteiger partial charge < -0.3 is 5.11 Å². The molecular formula is C16H13NO3S2. The van der Waals surface area contributed by atoms with Crippen molar-refractivity contribution in [2.45, 2.75) is 10.6 Å². The highest BCUT2D eigenvalue weighted by Gasteiger charge is 2.20. The van der Waals surface area contributed by atoms with E-state index in [1.54, 1.807) is 30.3 Å². The van der Waals surface area contributed by atoms with E-state index in [4.69, 9.17) is 0 Å². The Labute approximate surface area is 132 Å². The van der Waals surface area contributed by atoms with Crippen LogP contribution in [-0.2, 0) is 15.6 Å². The summed E-state index contributed by atoms with van der Waals surface area (Å²) in [6, 6.07) is 17.5. The lowest BCUT2D eigenvalue weighted by Crippen LogP contribution is -2.04. The normalized spacial score (nSPS) is 11.5. The van der Waals surface area contributed by atoms with Gasteiger partial charge in [-0.2, -0.15) is 0 Å². The Balaban J connectivity index is 1.92. The van der Waals surface area contributed by atoms with Crippen LogP contribution < -0.4 is 0 Å². The molecule has 0 aliphatic carbocycles. The van der Waals surface area contributed by atoms with E-state index in [9.17, 15) is 13.5 Å². The average Bonchev–Trinajstić information content (AvgIpc) is 2.89. The molecule has 0 saturated carbocycles. The highest BCUT2D eigenvalue weighted by molar-refractivity contribution is 7.90. The summed E-state index contributed by atoms with van der Waals surface area (Å²) in [7, 11) is -3.46. The van der Waals surface area contributed by atoms with Crippen LogP contribution in [0.3, 0.4) is 0 Å². The van der Waals surface area contributed by atoms with Crippen molar-refractivity contribution in [3.05, 3.63) is 65.7 Å². The first kappa shape index (κ1) is 14.7. The first-order chi connectivity index (χ1) is 10.6. The van der Waals surface area contributed by atoms with Gasteiger partial charge in [-0.15, -0.1) is 11.3 Å². The molecular weight excluding hydrogens is 318 g/mol. The molecule has 0 aliphatic rings. The molecule has 1 heterocycles. The van der Waals surface area contributed by atoms with E-state index < -0.39 is 9.84 Å². The lowest BCUT2D eigenvalue weighted by molar-refractivity contribution is 0.458. The Bertz CT molecular complexity index is 872. The second-order valence-electron chi connectivity index (χ2n) is 4.70. The van der Waals surface area contributed by atoms with Gasteiger partial charge in [0.25, 0.3) is 0 Å². The summed E-state index contributed by atoms with van der Waals surface area (Å²) in [6.07, 6.45) is 0. The molecule has 0 spiro atoms. The van der Waals surface area contributed by atoms with Gasteiger partial charge in [-0.25, -0.2) is 13.4 Å². The van der Waals surface area contributed by atoms with E-state index in [0.29, 0.717) is 9.88 Å². The number of thiazole rings is 1. The summed E-state index contributed by atoms with van der Waals surface area (Å²) >= 11 is 1.19. The van der Waals surface area contributed by atoms with Crippen LogP contribution in [0.5, 0.6) is 5.88 Å². The van der Waals surface area contributed by atoms with Crippen molar-refractivity contribution in [1.82, 2.24) is 4.98 Å². The minimum atomic E-state index is -3.46. The van der Waals surface area contributed by atoms with Crippen LogP contribution in [-0.4, -0.2) is 18.5 Å². The largest absolute Gasteiger partial charge is 0.492 e. The summed E-state index contributed by atoms with van der Waals surface area (Å²) in [5, 5.41) is 10.3. The number of hydrogen-bond donors (Lipinski definition) is 1. The molecule has 3 rings (SSSR count). The van der Waals surface area contributed by atoms with E-state index in [2.05, 4.69) is 4.98 Å². The number of aromatic hydroxyl groups is 1. The molecule has 22 heavy (non-hydrogen) atoms. The fourth-order valence-corrected chi connectivity index (χ4v) is 4.66. The molecule has 2 aromatic carbocycles. The molecule has 0 amide bonds. The molecule has 0 bridgehead atoms. The maximum atomic E-state index is 12.3.